The molecule has 0 saturated heterocycles. The molecule has 1 atom stereocenters. The molecule has 1 aliphatic rings. The van der Waals surface area contributed by atoms with Crippen molar-refractivity contribution in [2.75, 3.05) is 0 Å². The molecular formula is C16H21NO3. The van der Waals surface area contributed by atoms with Gasteiger partial charge in [-0.25, -0.2) is 4.79 Å². The van der Waals surface area contributed by atoms with Crippen LogP contribution < -0.4 is 0 Å². The number of carboxylic acid groups (broad SMARTS) is 1. The van der Waals surface area contributed by atoms with Crippen LogP contribution in [0.15, 0.2) is 18.2 Å². The molecule has 0 heterocycles. The molecule has 1 aromatic rings. The molecule has 1 unspecified atom stereocenters. The zero-order valence-corrected chi connectivity index (χ0v) is 12.2. The van der Waals surface area contributed by atoms with E-state index >= 15 is 0 Å². The molecule has 20 heavy (non-hydrogen) atoms. The van der Waals surface area contributed by atoms with E-state index in [4.69, 9.17) is 5.11 Å². The average molecular weight is 275 g/mol. The first-order valence-corrected chi connectivity index (χ1v) is 7.01. The van der Waals surface area contributed by atoms with Gasteiger partial charge >= 0.3 is 5.97 Å². The maximum absolute atomic E-state index is 12.5. The lowest BCUT2D eigenvalue weighted by molar-refractivity contribution is -0.149. The van der Waals surface area contributed by atoms with Crippen LogP contribution in [0.25, 0.3) is 0 Å². The van der Waals surface area contributed by atoms with Crippen LogP contribution in [-0.4, -0.2) is 34.0 Å². The van der Waals surface area contributed by atoms with Gasteiger partial charge in [0, 0.05) is 6.04 Å². The number of carbonyl (C=O) groups excluding carboxylic acids is 1. The quantitative estimate of drug-likeness (QED) is 0.897. The van der Waals surface area contributed by atoms with E-state index in [1.807, 2.05) is 32.0 Å². The largest absolute Gasteiger partial charge is 0.480 e. The highest BCUT2D eigenvalue weighted by atomic mass is 16.4. The van der Waals surface area contributed by atoms with Gasteiger partial charge in [-0.3, -0.25) is 4.79 Å². The minimum absolute atomic E-state index is 0.0835. The summed E-state index contributed by atoms with van der Waals surface area (Å²) in [6.45, 7) is 5.55. The summed E-state index contributed by atoms with van der Waals surface area (Å²) in [5.41, 5.74) is 3.18. The topological polar surface area (TPSA) is 57.6 Å². The van der Waals surface area contributed by atoms with E-state index in [9.17, 15) is 9.59 Å². The van der Waals surface area contributed by atoms with Crippen molar-refractivity contribution >= 4 is 11.9 Å². The number of benzene rings is 1. The Morgan fingerprint density at radius 3 is 2.30 bits per heavy atom. The molecule has 0 spiro atoms. The lowest BCUT2D eigenvalue weighted by Gasteiger charge is -2.27. The molecule has 1 amide bonds. The second-order valence-corrected chi connectivity index (χ2v) is 5.59. The lowest BCUT2D eigenvalue weighted by atomic mass is 9.99. The van der Waals surface area contributed by atoms with E-state index in [-0.39, 0.29) is 18.4 Å². The van der Waals surface area contributed by atoms with Crippen LogP contribution in [0.3, 0.4) is 0 Å². The molecule has 4 nitrogen and oxygen atoms in total. The fourth-order valence-electron chi connectivity index (χ4n) is 2.58. The van der Waals surface area contributed by atoms with Crippen LogP contribution in [0.4, 0.5) is 0 Å². The summed E-state index contributed by atoms with van der Waals surface area (Å²) in [7, 11) is 0. The van der Waals surface area contributed by atoms with Crippen molar-refractivity contribution in [2.24, 2.45) is 0 Å². The summed E-state index contributed by atoms with van der Waals surface area (Å²) < 4.78 is 0. The number of rotatable bonds is 5. The van der Waals surface area contributed by atoms with E-state index in [1.165, 1.54) is 0 Å². The molecule has 0 aliphatic heterocycles. The number of aryl methyl sites for hydroxylation is 2. The standard InChI is InChI=1S/C16H21NO3/c1-10-5-4-6-11(2)14(10)9-15(18)17(13-7-8-13)12(3)16(19)20/h4-6,12-13H,7-9H2,1-3H3,(H,19,20). The highest BCUT2D eigenvalue weighted by Gasteiger charge is 2.38. The SMILES string of the molecule is Cc1cccc(C)c1CC(=O)N(C1CC1)C(C)C(=O)O. The first kappa shape index (κ1) is 14.6. The molecule has 1 fully saturated rings. The smallest absolute Gasteiger partial charge is 0.326 e. The van der Waals surface area contributed by atoms with Crippen molar-refractivity contribution in [1.29, 1.82) is 0 Å². The van der Waals surface area contributed by atoms with E-state index in [0.717, 1.165) is 29.5 Å². The number of aliphatic carboxylic acids is 1. The van der Waals surface area contributed by atoms with Gasteiger partial charge < -0.3 is 10.0 Å². The Bertz CT molecular complexity index is 514. The minimum atomic E-state index is -0.938. The van der Waals surface area contributed by atoms with Crippen molar-refractivity contribution in [3.63, 3.8) is 0 Å². The van der Waals surface area contributed by atoms with Crippen LogP contribution in [0.1, 0.15) is 36.5 Å². The maximum Gasteiger partial charge on any atom is 0.326 e. The number of carbonyl (C=O) groups is 2. The van der Waals surface area contributed by atoms with Gasteiger partial charge in [-0.15, -0.1) is 0 Å². The van der Waals surface area contributed by atoms with Crippen LogP contribution >= 0.6 is 0 Å². The number of nitrogens with zero attached hydrogens (tertiary/aromatic N) is 1. The highest BCUT2D eigenvalue weighted by Crippen LogP contribution is 2.30. The first-order chi connectivity index (χ1) is 9.41. The normalized spacial score (nSPS) is 15.8. The van der Waals surface area contributed by atoms with Gasteiger partial charge in [0.25, 0.3) is 0 Å². The number of amides is 1. The van der Waals surface area contributed by atoms with Crippen molar-refractivity contribution in [3.05, 3.63) is 34.9 Å². The fraction of sp³-hybridized carbons (Fsp3) is 0.500. The zero-order chi connectivity index (χ0) is 14.9. The van der Waals surface area contributed by atoms with Crippen molar-refractivity contribution < 1.29 is 14.7 Å². The minimum Gasteiger partial charge on any atom is -0.480 e. The van der Waals surface area contributed by atoms with Crippen LogP contribution in [0, 0.1) is 13.8 Å². The average Bonchev–Trinajstić information content (AvgIpc) is 3.18. The van der Waals surface area contributed by atoms with E-state index in [1.54, 1.807) is 11.8 Å². The molecule has 108 valence electrons. The molecule has 0 aromatic heterocycles. The molecule has 4 heteroatoms. The van der Waals surface area contributed by atoms with Crippen molar-refractivity contribution in [2.45, 2.75) is 52.1 Å². The number of carboxylic acids is 1. The Labute approximate surface area is 119 Å². The number of hydrogen-bond donors (Lipinski definition) is 1. The summed E-state index contributed by atoms with van der Waals surface area (Å²) in [5, 5.41) is 9.16. The highest BCUT2D eigenvalue weighted by molar-refractivity contribution is 5.85. The van der Waals surface area contributed by atoms with Gasteiger partial charge in [0.15, 0.2) is 0 Å². The van der Waals surface area contributed by atoms with Crippen LogP contribution in [0.5, 0.6) is 0 Å². The number of hydrogen-bond acceptors (Lipinski definition) is 2. The second kappa shape index (κ2) is 5.65. The summed E-state index contributed by atoms with van der Waals surface area (Å²) in [4.78, 5) is 25.2. The predicted molar refractivity (Wildman–Crippen MR) is 76.6 cm³/mol. The third-order valence-electron chi connectivity index (χ3n) is 3.98. The first-order valence-electron chi connectivity index (χ1n) is 7.01. The Balaban J connectivity index is 2.19. The molecule has 1 N–H and O–H groups in total. The summed E-state index contributed by atoms with van der Waals surface area (Å²) in [6, 6.07) is 5.30. The molecule has 0 radical (unpaired) electrons. The van der Waals surface area contributed by atoms with Gasteiger partial charge in [0.2, 0.25) is 5.91 Å². The molecule has 0 bridgehead atoms. The summed E-state index contributed by atoms with van der Waals surface area (Å²) >= 11 is 0. The van der Waals surface area contributed by atoms with Gasteiger partial charge in [-0.2, -0.15) is 0 Å². The van der Waals surface area contributed by atoms with Crippen molar-refractivity contribution in [1.82, 2.24) is 4.90 Å². The fourth-order valence-corrected chi connectivity index (χ4v) is 2.58. The molecule has 1 aliphatic carbocycles. The molecule has 1 saturated carbocycles. The lowest BCUT2D eigenvalue weighted by Crippen LogP contribution is -2.45. The Hall–Kier alpha value is -1.84. The Morgan fingerprint density at radius 1 is 1.30 bits per heavy atom. The second-order valence-electron chi connectivity index (χ2n) is 5.59. The monoisotopic (exact) mass is 275 g/mol. The van der Waals surface area contributed by atoms with Crippen LogP contribution in [0.2, 0.25) is 0 Å². The molecular weight excluding hydrogens is 254 g/mol. The molecule has 1 aromatic carbocycles. The Morgan fingerprint density at radius 2 is 1.85 bits per heavy atom. The third kappa shape index (κ3) is 3.00. The maximum atomic E-state index is 12.5. The van der Waals surface area contributed by atoms with E-state index < -0.39 is 12.0 Å². The van der Waals surface area contributed by atoms with Crippen molar-refractivity contribution in [3.8, 4) is 0 Å². The Kier molecular flexibility index (Phi) is 4.12. The summed E-state index contributed by atoms with van der Waals surface area (Å²) in [5.74, 6) is -1.02. The zero-order valence-electron chi connectivity index (χ0n) is 12.2. The van der Waals surface area contributed by atoms with Crippen LogP contribution in [-0.2, 0) is 16.0 Å². The van der Waals surface area contributed by atoms with Gasteiger partial charge in [-0.05, 0) is 50.3 Å². The third-order valence-corrected chi connectivity index (χ3v) is 3.98. The van der Waals surface area contributed by atoms with Gasteiger partial charge in [0.05, 0.1) is 6.42 Å². The van der Waals surface area contributed by atoms with E-state index in [2.05, 4.69) is 0 Å². The van der Waals surface area contributed by atoms with E-state index in [0.29, 0.717) is 0 Å². The molecule has 2 rings (SSSR count). The predicted octanol–water partition coefficient (Wildman–Crippen LogP) is 2.31. The van der Waals surface area contributed by atoms with Gasteiger partial charge in [-0.1, -0.05) is 18.2 Å². The van der Waals surface area contributed by atoms with Gasteiger partial charge in [0.1, 0.15) is 6.04 Å². The summed E-state index contributed by atoms with van der Waals surface area (Å²) in [6.07, 6.45) is 2.11.